The van der Waals surface area contributed by atoms with Crippen LogP contribution in [-0.2, 0) is 0 Å². The van der Waals surface area contributed by atoms with E-state index in [4.69, 9.17) is 27.6 Å². The molecular formula is C15H19Cl2N3O2. The molecule has 1 N–H and O–H groups in total. The van der Waals surface area contributed by atoms with Crippen molar-refractivity contribution < 1.29 is 9.52 Å². The molecule has 0 saturated carbocycles. The van der Waals surface area contributed by atoms with Crippen LogP contribution in [0.1, 0.15) is 32.7 Å². The van der Waals surface area contributed by atoms with Crippen LogP contribution in [0.5, 0.6) is 0 Å². The average Bonchev–Trinajstić information content (AvgIpc) is 2.85. The maximum absolute atomic E-state index is 9.89. The van der Waals surface area contributed by atoms with Gasteiger partial charge in [-0.2, -0.15) is 0 Å². The fourth-order valence-corrected chi connectivity index (χ4v) is 2.60. The van der Waals surface area contributed by atoms with E-state index < -0.39 is 5.60 Å². The monoisotopic (exact) mass is 343 g/mol. The van der Waals surface area contributed by atoms with Crippen molar-refractivity contribution in [1.29, 1.82) is 0 Å². The second kappa shape index (κ2) is 6.54. The molecule has 1 heterocycles. The molecule has 0 radical (unpaired) electrons. The first-order chi connectivity index (χ1) is 10.2. The number of aliphatic hydroxyl groups is 1. The smallest absolute Gasteiger partial charge is 0.249 e. The normalized spacial score (nSPS) is 13.6. The molecule has 7 heteroatoms. The molecule has 0 aliphatic heterocycles. The van der Waals surface area contributed by atoms with Gasteiger partial charge in [-0.25, -0.2) is 0 Å². The Balaban J connectivity index is 2.20. The molecule has 0 spiro atoms. The number of rotatable bonds is 5. The van der Waals surface area contributed by atoms with Crippen LogP contribution in [0.15, 0.2) is 22.6 Å². The first kappa shape index (κ1) is 17.2. The van der Waals surface area contributed by atoms with Gasteiger partial charge in [0.2, 0.25) is 11.8 Å². The number of likely N-dealkylation sites (N-methyl/N-ethyl adjacent to an activating group) is 1. The van der Waals surface area contributed by atoms with Crippen LogP contribution >= 0.6 is 23.2 Å². The number of nitrogens with zero attached hydrogens (tertiary/aromatic N) is 3. The standard InChI is InChI=1S/C15H19Cl2N3O2/c1-9(20(4)8-15(2,3)21)13-18-19-14(22-13)11-6-5-10(16)7-12(11)17/h5-7,9,21H,8H2,1-4H3. The number of halogens is 2. The highest BCUT2D eigenvalue weighted by molar-refractivity contribution is 6.36. The molecule has 0 aliphatic carbocycles. The van der Waals surface area contributed by atoms with Crippen molar-refractivity contribution >= 4 is 23.2 Å². The van der Waals surface area contributed by atoms with Gasteiger partial charge in [0, 0.05) is 11.6 Å². The molecule has 0 bridgehead atoms. The predicted octanol–water partition coefficient (Wildman–Crippen LogP) is 3.81. The van der Waals surface area contributed by atoms with Crippen LogP contribution < -0.4 is 0 Å². The molecule has 1 unspecified atom stereocenters. The van der Waals surface area contributed by atoms with E-state index in [0.29, 0.717) is 33.9 Å². The van der Waals surface area contributed by atoms with Crippen LogP contribution in [0.25, 0.3) is 11.5 Å². The summed E-state index contributed by atoms with van der Waals surface area (Å²) in [5, 5.41) is 19.0. The molecule has 0 fully saturated rings. The van der Waals surface area contributed by atoms with E-state index >= 15 is 0 Å². The quantitative estimate of drug-likeness (QED) is 0.894. The van der Waals surface area contributed by atoms with Gasteiger partial charge in [-0.05, 0) is 46.0 Å². The highest BCUT2D eigenvalue weighted by Gasteiger charge is 2.24. The summed E-state index contributed by atoms with van der Waals surface area (Å²) in [7, 11) is 1.89. The highest BCUT2D eigenvalue weighted by atomic mass is 35.5. The number of benzene rings is 1. The first-order valence-corrected chi connectivity index (χ1v) is 7.64. The summed E-state index contributed by atoms with van der Waals surface area (Å²) in [4.78, 5) is 1.95. The summed E-state index contributed by atoms with van der Waals surface area (Å²) in [6.07, 6.45) is 0. The van der Waals surface area contributed by atoms with Crippen LogP contribution in [0.3, 0.4) is 0 Å². The molecule has 120 valence electrons. The zero-order valence-corrected chi connectivity index (χ0v) is 14.5. The zero-order chi connectivity index (χ0) is 16.5. The third-order valence-electron chi connectivity index (χ3n) is 3.26. The summed E-state index contributed by atoms with van der Waals surface area (Å²) in [6, 6.07) is 4.97. The summed E-state index contributed by atoms with van der Waals surface area (Å²) in [5.41, 5.74) is -0.159. The second-order valence-corrected chi connectivity index (χ2v) is 6.82. The molecule has 1 aromatic carbocycles. The molecule has 2 aromatic rings. The van der Waals surface area contributed by atoms with Crippen LogP contribution in [-0.4, -0.2) is 39.4 Å². The minimum Gasteiger partial charge on any atom is -0.419 e. The Labute approximate surface area is 139 Å². The lowest BCUT2D eigenvalue weighted by molar-refractivity contribution is 0.0298. The van der Waals surface area contributed by atoms with E-state index in [0.717, 1.165) is 0 Å². The SMILES string of the molecule is CC(c1nnc(-c2ccc(Cl)cc2Cl)o1)N(C)CC(C)(C)O. The third kappa shape index (κ3) is 4.20. The van der Waals surface area contributed by atoms with Crippen LogP contribution in [0, 0.1) is 0 Å². The van der Waals surface area contributed by atoms with Crippen molar-refractivity contribution in [2.45, 2.75) is 32.4 Å². The van der Waals surface area contributed by atoms with E-state index in [1.54, 1.807) is 32.0 Å². The van der Waals surface area contributed by atoms with Gasteiger partial charge >= 0.3 is 0 Å². The lowest BCUT2D eigenvalue weighted by atomic mass is 10.1. The molecule has 0 amide bonds. The summed E-state index contributed by atoms with van der Waals surface area (Å²) < 4.78 is 5.71. The van der Waals surface area contributed by atoms with Gasteiger partial charge < -0.3 is 9.52 Å². The minimum absolute atomic E-state index is 0.126. The Morgan fingerprint density at radius 2 is 2.00 bits per heavy atom. The topological polar surface area (TPSA) is 62.4 Å². The molecular weight excluding hydrogens is 325 g/mol. The van der Waals surface area contributed by atoms with E-state index in [9.17, 15) is 5.11 Å². The largest absolute Gasteiger partial charge is 0.419 e. The Morgan fingerprint density at radius 1 is 1.32 bits per heavy atom. The molecule has 2 rings (SSSR count). The van der Waals surface area contributed by atoms with E-state index in [2.05, 4.69) is 10.2 Å². The maximum Gasteiger partial charge on any atom is 0.249 e. The van der Waals surface area contributed by atoms with Gasteiger partial charge in [0.15, 0.2) is 0 Å². The summed E-state index contributed by atoms with van der Waals surface area (Å²) in [5.74, 6) is 0.813. The molecule has 0 saturated heterocycles. The predicted molar refractivity (Wildman–Crippen MR) is 87.1 cm³/mol. The Bertz CT molecular complexity index is 652. The lowest BCUT2D eigenvalue weighted by Crippen LogP contribution is -2.37. The minimum atomic E-state index is -0.800. The number of hydrogen-bond donors (Lipinski definition) is 1. The van der Waals surface area contributed by atoms with Gasteiger partial charge in [0.05, 0.1) is 22.2 Å². The second-order valence-electron chi connectivity index (χ2n) is 5.97. The van der Waals surface area contributed by atoms with Crippen molar-refractivity contribution in [2.75, 3.05) is 13.6 Å². The van der Waals surface area contributed by atoms with Crippen molar-refractivity contribution in [1.82, 2.24) is 15.1 Å². The molecule has 1 aromatic heterocycles. The van der Waals surface area contributed by atoms with Gasteiger partial charge in [-0.15, -0.1) is 10.2 Å². The third-order valence-corrected chi connectivity index (χ3v) is 3.80. The van der Waals surface area contributed by atoms with Gasteiger partial charge in [-0.3, -0.25) is 4.90 Å². The van der Waals surface area contributed by atoms with E-state index in [1.807, 2.05) is 18.9 Å². The fraction of sp³-hybridized carbons (Fsp3) is 0.467. The highest BCUT2D eigenvalue weighted by Crippen LogP contribution is 2.31. The van der Waals surface area contributed by atoms with Crippen LogP contribution in [0.4, 0.5) is 0 Å². The van der Waals surface area contributed by atoms with Crippen molar-refractivity contribution in [3.8, 4) is 11.5 Å². The van der Waals surface area contributed by atoms with Crippen molar-refractivity contribution in [3.63, 3.8) is 0 Å². The Morgan fingerprint density at radius 3 is 2.59 bits per heavy atom. The summed E-state index contributed by atoms with van der Waals surface area (Å²) in [6.45, 7) is 5.92. The Hall–Kier alpha value is -1.14. The van der Waals surface area contributed by atoms with E-state index in [1.165, 1.54) is 0 Å². The van der Waals surface area contributed by atoms with Gasteiger partial charge in [0.25, 0.3) is 0 Å². The van der Waals surface area contributed by atoms with Crippen molar-refractivity contribution in [2.24, 2.45) is 0 Å². The van der Waals surface area contributed by atoms with Gasteiger partial charge in [0.1, 0.15) is 0 Å². The molecule has 5 nitrogen and oxygen atoms in total. The van der Waals surface area contributed by atoms with Crippen LogP contribution in [0.2, 0.25) is 10.0 Å². The zero-order valence-electron chi connectivity index (χ0n) is 13.0. The first-order valence-electron chi connectivity index (χ1n) is 6.89. The van der Waals surface area contributed by atoms with Crippen molar-refractivity contribution in [3.05, 3.63) is 34.1 Å². The molecule has 0 aliphatic rings. The van der Waals surface area contributed by atoms with E-state index in [-0.39, 0.29) is 6.04 Å². The Kier molecular flexibility index (Phi) is 5.12. The maximum atomic E-state index is 9.89. The lowest BCUT2D eigenvalue weighted by Gasteiger charge is -2.28. The fourth-order valence-electron chi connectivity index (χ4n) is 2.11. The summed E-state index contributed by atoms with van der Waals surface area (Å²) >= 11 is 12.0. The number of aromatic nitrogens is 2. The molecule has 1 atom stereocenters. The van der Waals surface area contributed by atoms with Gasteiger partial charge in [-0.1, -0.05) is 23.2 Å². The number of hydrogen-bond acceptors (Lipinski definition) is 5. The average molecular weight is 344 g/mol. The molecule has 22 heavy (non-hydrogen) atoms.